The van der Waals surface area contributed by atoms with Gasteiger partial charge in [0, 0.05) is 18.7 Å². The van der Waals surface area contributed by atoms with E-state index >= 15 is 0 Å². The Bertz CT molecular complexity index is 1340. The number of H-pyrrole nitrogens is 1. The molecule has 4 rings (SSSR count). The monoisotopic (exact) mass is 506 g/mol. The molecule has 1 aromatic heterocycles. The number of aromatic amines is 1. The fraction of sp³-hybridized carbons (Fsp3) is 0.321. The normalized spacial score (nSPS) is 23.0. The maximum absolute atomic E-state index is 12.8. The van der Waals surface area contributed by atoms with Crippen molar-refractivity contribution in [3.05, 3.63) is 117 Å². The summed E-state index contributed by atoms with van der Waals surface area (Å²) in [6, 6.07) is 19.1. The minimum absolute atomic E-state index is 0.0566. The minimum Gasteiger partial charge on any atom is -0.454 e. The highest BCUT2D eigenvalue weighted by atomic mass is 16.6. The summed E-state index contributed by atoms with van der Waals surface area (Å²) in [4.78, 5) is 39.3. The van der Waals surface area contributed by atoms with Crippen molar-refractivity contribution in [2.24, 2.45) is 0 Å². The lowest BCUT2D eigenvalue weighted by atomic mass is 9.91. The number of aromatic nitrogens is 2. The van der Waals surface area contributed by atoms with E-state index in [4.69, 9.17) is 18.9 Å². The lowest BCUT2D eigenvalue weighted by Gasteiger charge is -2.35. The van der Waals surface area contributed by atoms with Crippen LogP contribution >= 0.6 is 0 Å². The van der Waals surface area contributed by atoms with E-state index in [9.17, 15) is 14.4 Å². The molecule has 2 aromatic carbocycles. The predicted octanol–water partition coefficient (Wildman–Crippen LogP) is 3.03. The van der Waals surface area contributed by atoms with E-state index in [1.54, 1.807) is 6.92 Å². The van der Waals surface area contributed by atoms with E-state index in [-0.39, 0.29) is 13.2 Å². The lowest BCUT2D eigenvalue weighted by Crippen LogP contribution is -2.52. The number of nitrogens with zero attached hydrogens (tertiary/aromatic N) is 1. The lowest BCUT2D eigenvalue weighted by molar-refractivity contribution is -0.167. The van der Waals surface area contributed by atoms with Gasteiger partial charge < -0.3 is 18.9 Å². The van der Waals surface area contributed by atoms with Crippen molar-refractivity contribution in [2.75, 3.05) is 6.61 Å². The van der Waals surface area contributed by atoms with Crippen LogP contribution in [0.4, 0.5) is 0 Å². The highest BCUT2D eigenvalue weighted by molar-refractivity contribution is 5.66. The first-order valence-electron chi connectivity index (χ1n) is 11.9. The number of benzene rings is 2. The van der Waals surface area contributed by atoms with Crippen LogP contribution in [0.1, 0.15) is 29.8 Å². The molecule has 194 valence electrons. The first-order valence-corrected chi connectivity index (χ1v) is 11.9. The van der Waals surface area contributed by atoms with Gasteiger partial charge in [0.15, 0.2) is 17.9 Å². The molecule has 0 saturated carbocycles. The predicted molar refractivity (Wildman–Crippen MR) is 136 cm³/mol. The van der Waals surface area contributed by atoms with Crippen LogP contribution < -0.4 is 11.2 Å². The van der Waals surface area contributed by atoms with Gasteiger partial charge in [-0.25, -0.2) is 4.79 Å². The zero-order valence-corrected chi connectivity index (χ0v) is 20.8. The second kappa shape index (κ2) is 11.5. The number of hydrogen-bond donors (Lipinski definition) is 1. The maximum Gasteiger partial charge on any atom is 0.330 e. The van der Waals surface area contributed by atoms with E-state index in [1.807, 2.05) is 60.7 Å². The molecule has 0 aliphatic carbocycles. The SMILES string of the molecule is C=C[C@@]1(OCc2ccccc2)[C@@H](COCc2ccccc2)OC(n2cc(C)c(=O)[nH]c2=O)[C@@H]1OC(C)=O. The Hall–Kier alpha value is -3.79. The second-order valence-corrected chi connectivity index (χ2v) is 8.86. The molecule has 0 spiro atoms. The first kappa shape index (κ1) is 26.3. The average molecular weight is 507 g/mol. The number of ether oxygens (including phenoxy) is 4. The Kier molecular flexibility index (Phi) is 8.17. The van der Waals surface area contributed by atoms with Crippen molar-refractivity contribution >= 4 is 5.97 Å². The molecular formula is C28H30N2O7. The molecule has 0 amide bonds. The fourth-order valence-electron chi connectivity index (χ4n) is 4.36. The zero-order chi connectivity index (χ0) is 26.4. The molecule has 37 heavy (non-hydrogen) atoms. The molecule has 1 aliphatic rings. The third-order valence-electron chi connectivity index (χ3n) is 6.26. The molecule has 4 atom stereocenters. The van der Waals surface area contributed by atoms with E-state index in [2.05, 4.69) is 11.6 Å². The molecular weight excluding hydrogens is 476 g/mol. The van der Waals surface area contributed by atoms with E-state index in [0.717, 1.165) is 11.1 Å². The number of nitrogens with one attached hydrogen (secondary N) is 1. The van der Waals surface area contributed by atoms with Gasteiger partial charge in [-0.05, 0) is 18.1 Å². The van der Waals surface area contributed by atoms with Gasteiger partial charge in [0.1, 0.15) is 6.10 Å². The summed E-state index contributed by atoms with van der Waals surface area (Å²) in [5.41, 5.74) is -0.439. The Morgan fingerprint density at radius 1 is 1.08 bits per heavy atom. The van der Waals surface area contributed by atoms with Gasteiger partial charge in [0.2, 0.25) is 0 Å². The van der Waals surface area contributed by atoms with Crippen molar-refractivity contribution in [2.45, 2.75) is 51.1 Å². The number of carbonyl (C=O) groups is 1. The number of carbonyl (C=O) groups excluding carboxylic acids is 1. The summed E-state index contributed by atoms with van der Waals surface area (Å²) in [7, 11) is 0. The molecule has 1 N–H and O–H groups in total. The quantitative estimate of drug-likeness (QED) is 0.333. The largest absolute Gasteiger partial charge is 0.454 e. The van der Waals surface area contributed by atoms with Crippen LogP contribution in [-0.2, 0) is 37.0 Å². The highest BCUT2D eigenvalue weighted by Crippen LogP contribution is 2.43. The van der Waals surface area contributed by atoms with Gasteiger partial charge in [-0.2, -0.15) is 0 Å². The molecule has 1 saturated heterocycles. The highest BCUT2D eigenvalue weighted by Gasteiger charge is 2.59. The minimum atomic E-state index is -1.37. The Labute approximate surface area is 214 Å². The van der Waals surface area contributed by atoms with Gasteiger partial charge in [0.25, 0.3) is 5.56 Å². The number of rotatable bonds is 10. The second-order valence-electron chi connectivity index (χ2n) is 8.86. The number of hydrogen-bond acceptors (Lipinski definition) is 7. The van der Waals surface area contributed by atoms with Gasteiger partial charge >= 0.3 is 11.7 Å². The standard InChI is InChI=1S/C28H30N2O7/c1-4-28(35-17-22-13-9-6-10-14-22)23(18-34-16-21-11-7-5-8-12-21)37-26(24(28)36-20(3)31)30-15-19(2)25(32)29-27(30)33/h4-15,23-24,26H,1,16-18H2,2-3H3,(H,29,32,33)/t23-,24+,26?,28-/m1/s1. The number of esters is 1. The van der Waals surface area contributed by atoms with Crippen molar-refractivity contribution in [3.63, 3.8) is 0 Å². The molecule has 1 fully saturated rings. The third-order valence-corrected chi connectivity index (χ3v) is 6.26. The van der Waals surface area contributed by atoms with Crippen molar-refractivity contribution in [1.29, 1.82) is 0 Å². The smallest absolute Gasteiger partial charge is 0.330 e. The number of aryl methyl sites for hydroxylation is 1. The van der Waals surface area contributed by atoms with Crippen LogP contribution in [-0.4, -0.2) is 39.9 Å². The molecule has 1 aliphatic heterocycles. The molecule has 9 nitrogen and oxygen atoms in total. The van der Waals surface area contributed by atoms with E-state index in [0.29, 0.717) is 12.2 Å². The topological polar surface area (TPSA) is 109 Å². The summed E-state index contributed by atoms with van der Waals surface area (Å²) in [5, 5.41) is 0. The summed E-state index contributed by atoms with van der Waals surface area (Å²) in [6.07, 6.45) is -0.0963. The van der Waals surface area contributed by atoms with Gasteiger partial charge in [-0.3, -0.25) is 19.1 Å². The average Bonchev–Trinajstić information content (AvgIpc) is 3.18. The Morgan fingerprint density at radius 3 is 2.30 bits per heavy atom. The molecule has 3 aromatic rings. The van der Waals surface area contributed by atoms with Gasteiger partial charge in [-0.15, -0.1) is 0 Å². The van der Waals surface area contributed by atoms with Crippen molar-refractivity contribution < 1.29 is 23.7 Å². The van der Waals surface area contributed by atoms with Gasteiger partial charge in [0.05, 0.1) is 19.8 Å². The molecule has 2 heterocycles. The summed E-state index contributed by atoms with van der Waals surface area (Å²) in [5.74, 6) is -0.590. The van der Waals surface area contributed by atoms with Crippen LogP contribution in [0.3, 0.4) is 0 Å². The molecule has 9 heteroatoms. The summed E-state index contributed by atoms with van der Waals surface area (Å²) < 4.78 is 25.6. The van der Waals surface area contributed by atoms with Crippen LogP contribution in [0.2, 0.25) is 0 Å². The van der Waals surface area contributed by atoms with Crippen LogP contribution in [0.5, 0.6) is 0 Å². The zero-order valence-electron chi connectivity index (χ0n) is 20.8. The fourth-order valence-corrected chi connectivity index (χ4v) is 4.36. The first-order chi connectivity index (χ1) is 17.8. The molecule has 0 bridgehead atoms. The van der Waals surface area contributed by atoms with Crippen molar-refractivity contribution in [3.8, 4) is 0 Å². The van der Waals surface area contributed by atoms with Crippen LogP contribution in [0, 0.1) is 6.92 Å². The van der Waals surface area contributed by atoms with Crippen LogP contribution in [0.15, 0.2) is 89.1 Å². The van der Waals surface area contributed by atoms with E-state index in [1.165, 1.54) is 23.8 Å². The van der Waals surface area contributed by atoms with Gasteiger partial charge in [-0.1, -0.05) is 73.3 Å². The maximum atomic E-state index is 12.8. The molecule has 0 radical (unpaired) electrons. The summed E-state index contributed by atoms with van der Waals surface area (Å²) in [6.45, 7) is 7.35. The van der Waals surface area contributed by atoms with Crippen molar-refractivity contribution in [1.82, 2.24) is 9.55 Å². The third kappa shape index (κ3) is 5.80. The summed E-state index contributed by atoms with van der Waals surface area (Å²) >= 11 is 0. The Balaban J connectivity index is 1.71. The molecule has 1 unspecified atom stereocenters. The van der Waals surface area contributed by atoms with E-state index < -0.39 is 41.3 Å². The van der Waals surface area contributed by atoms with Crippen LogP contribution in [0.25, 0.3) is 0 Å². The Morgan fingerprint density at radius 2 is 1.70 bits per heavy atom.